The normalized spacial score (nSPS) is 12.1. The van der Waals surface area contributed by atoms with E-state index < -0.39 is 5.25 Å². The second-order valence-electron chi connectivity index (χ2n) is 7.33. The Kier molecular flexibility index (Phi) is 6.77. The maximum absolute atomic E-state index is 12.6. The first-order valence-electron chi connectivity index (χ1n) is 9.72. The first-order valence-corrected chi connectivity index (χ1v) is 11.4. The lowest BCUT2D eigenvalue weighted by atomic mass is 10.1. The van der Waals surface area contributed by atoms with Gasteiger partial charge in [-0.3, -0.25) is 9.59 Å². The van der Waals surface area contributed by atoms with Crippen molar-refractivity contribution in [3.8, 4) is 0 Å². The van der Waals surface area contributed by atoms with Crippen LogP contribution in [0.4, 0.5) is 5.69 Å². The summed E-state index contributed by atoms with van der Waals surface area (Å²) in [5.74, 6) is 0.236. The van der Waals surface area contributed by atoms with E-state index in [-0.39, 0.29) is 18.4 Å². The number of thioether (sulfide) groups is 1. The van der Waals surface area contributed by atoms with Gasteiger partial charge in [-0.05, 0) is 58.2 Å². The van der Waals surface area contributed by atoms with Gasteiger partial charge in [0.2, 0.25) is 11.8 Å². The summed E-state index contributed by atoms with van der Waals surface area (Å²) in [6.45, 7) is 11.6. The molecule has 8 heteroatoms. The summed E-state index contributed by atoms with van der Waals surface area (Å²) in [6.07, 6.45) is 0. The Hall–Kier alpha value is -2.45. The fraction of sp³-hybridized carbons (Fsp3) is 0.364. The number of anilines is 1. The number of aryl methyl sites for hydroxylation is 5. The van der Waals surface area contributed by atoms with Crippen molar-refractivity contribution in [1.82, 2.24) is 15.3 Å². The largest absolute Gasteiger partial charge is 0.346 e. The molecule has 1 unspecified atom stereocenters. The monoisotopic (exact) mass is 442 g/mol. The number of hydrogen-bond acceptors (Lipinski definition) is 6. The Morgan fingerprint density at radius 1 is 1.10 bits per heavy atom. The smallest absolute Gasteiger partial charge is 0.243 e. The average molecular weight is 443 g/mol. The summed E-state index contributed by atoms with van der Waals surface area (Å²) in [5, 5.41) is 7.04. The summed E-state index contributed by atoms with van der Waals surface area (Å²) in [4.78, 5) is 36.2. The molecule has 2 heterocycles. The van der Waals surface area contributed by atoms with Crippen LogP contribution >= 0.6 is 23.1 Å². The Labute approximate surface area is 184 Å². The Morgan fingerprint density at radius 2 is 1.77 bits per heavy atom. The van der Waals surface area contributed by atoms with Gasteiger partial charge in [0.05, 0.1) is 11.8 Å². The number of fused-ring (bicyclic) bond motifs is 1. The second kappa shape index (κ2) is 9.14. The van der Waals surface area contributed by atoms with Gasteiger partial charge >= 0.3 is 0 Å². The molecular weight excluding hydrogens is 416 g/mol. The number of para-hydroxylation sites is 1. The minimum absolute atomic E-state index is 0.0771. The van der Waals surface area contributed by atoms with Crippen LogP contribution in [-0.4, -0.2) is 33.6 Å². The van der Waals surface area contributed by atoms with Gasteiger partial charge in [0.15, 0.2) is 0 Å². The highest BCUT2D eigenvalue weighted by molar-refractivity contribution is 8.00. The number of hydrogen-bond donors (Lipinski definition) is 2. The van der Waals surface area contributed by atoms with Gasteiger partial charge in [-0.25, -0.2) is 9.97 Å². The van der Waals surface area contributed by atoms with Crippen molar-refractivity contribution in [2.75, 3.05) is 11.9 Å². The van der Waals surface area contributed by atoms with E-state index in [2.05, 4.69) is 34.4 Å². The lowest BCUT2D eigenvalue weighted by Crippen LogP contribution is -2.37. The lowest BCUT2D eigenvalue weighted by molar-refractivity contribution is -0.123. The Morgan fingerprint density at radius 3 is 2.43 bits per heavy atom. The Bertz CT molecular complexity index is 1100. The molecule has 1 atom stereocenters. The van der Waals surface area contributed by atoms with Gasteiger partial charge in [0, 0.05) is 16.0 Å². The molecule has 0 aliphatic heterocycles. The molecule has 1 aromatic carbocycles. The van der Waals surface area contributed by atoms with Crippen molar-refractivity contribution in [1.29, 1.82) is 0 Å². The van der Waals surface area contributed by atoms with Crippen LogP contribution in [0.5, 0.6) is 0 Å². The molecule has 2 N–H and O–H groups in total. The highest BCUT2D eigenvalue weighted by atomic mass is 32.2. The molecule has 0 saturated carbocycles. The molecule has 6 nitrogen and oxygen atoms in total. The number of thiophene rings is 1. The lowest BCUT2D eigenvalue weighted by Gasteiger charge is -2.14. The molecule has 3 rings (SSSR count). The van der Waals surface area contributed by atoms with Gasteiger partial charge in [-0.2, -0.15) is 0 Å². The predicted molar refractivity (Wildman–Crippen MR) is 125 cm³/mol. The molecule has 0 aliphatic rings. The number of carbonyl (C=O) groups excluding carboxylic acids is 2. The summed E-state index contributed by atoms with van der Waals surface area (Å²) in [6, 6.07) is 5.83. The summed E-state index contributed by atoms with van der Waals surface area (Å²) >= 11 is 3.04. The average Bonchev–Trinajstić information content (AvgIpc) is 2.96. The molecule has 0 radical (unpaired) electrons. The molecule has 0 saturated heterocycles. The number of benzene rings is 1. The first-order chi connectivity index (χ1) is 14.2. The highest BCUT2D eigenvalue weighted by Crippen LogP contribution is 2.36. The predicted octanol–water partition coefficient (Wildman–Crippen LogP) is 4.47. The third-order valence-electron chi connectivity index (χ3n) is 4.93. The third-order valence-corrected chi connectivity index (χ3v) is 7.12. The van der Waals surface area contributed by atoms with Crippen molar-refractivity contribution in [3.63, 3.8) is 0 Å². The fourth-order valence-electron chi connectivity index (χ4n) is 3.13. The molecule has 0 spiro atoms. The zero-order valence-electron chi connectivity index (χ0n) is 18.0. The minimum Gasteiger partial charge on any atom is -0.346 e. The van der Waals surface area contributed by atoms with E-state index in [0.29, 0.717) is 5.82 Å². The van der Waals surface area contributed by atoms with Crippen LogP contribution in [0.2, 0.25) is 0 Å². The van der Waals surface area contributed by atoms with Gasteiger partial charge in [-0.15, -0.1) is 11.3 Å². The van der Waals surface area contributed by atoms with Crippen LogP contribution in [0.1, 0.15) is 34.3 Å². The van der Waals surface area contributed by atoms with Crippen molar-refractivity contribution in [2.45, 2.75) is 51.8 Å². The zero-order valence-corrected chi connectivity index (χ0v) is 19.7. The number of aromatic nitrogens is 2. The molecule has 3 aromatic rings. The number of nitrogens with one attached hydrogen (secondary N) is 2. The summed E-state index contributed by atoms with van der Waals surface area (Å²) in [5.41, 5.74) is 3.92. The van der Waals surface area contributed by atoms with E-state index in [1.54, 1.807) is 11.3 Å². The quantitative estimate of drug-likeness (QED) is 0.435. The number of rotatable bonds is 6. The maximum atomic E-state index is 12.6. The minimum atomic E-state index is -0.393. The van der Waals surface area contributed by atoms with E-state index in [1.807, 2.05) is 45.9 Å². The molecule has 0 bridgehead atoms. The van der Waals surface area contributed by atoms with Crippen molar-refractivity contribution in [3.05, 3.63) is 45.6 Å². The zero-order chi connectivity index (χ0) is 22.0. The van der Waals surface area contributed by atoms with Crippen molar-refractivity contribution in [2.24, 2.45) is 0 Å². The summed E-state index contributed by atoms with van der Waals surface area (Å²) < 4.78 is 0. The number of nitrogens with zero attached hydrogens (tertiary/aromatic N) is 2. The van der Waals surface area contributed by atoms with Crippen LogP contribution in [-0.2, 0) is 9.59 Å². The van der Waals surface area contributed by atoms with E-state index in [4.69, 9.17) is 0 Å². The molecule has 158 valence electrons. The standard InChI is InChI=1S/C22H26N4O2S2/c1-11-8-7-9-12(2)19(11)26-17(27)10-23-20(28)15(5)30-22-18-13(3)14(4)29-21(18)24-16(6)25-22/h7-9,15H,10H2,1-6H3,(H,23,28)(H,26,27). The molecule has 0 aliphatic carbocycles. The van der Waals surface area contributed by atoms with Crippen LogP contribution in [0.25, 0.3) is 10.2 Å². The van der Waals surface area contributed by atoms with Crippen LogP contribution in [0.3, 0.4) is 0 Å². The SMILES string of the molecule is Cc1nc(SC(C)C(=O)NCC(=O)Nc2c(C)cccc2C)c2c(C)c(C)sc2n1. The van der Waals surface area contributed by atoms with E-state index in [9.17, 15) is 9.59 Å². The topological polar surface area (TPSA) is 84.0 Å². The summed E-state index contributed by atoms with van der Waals surface area (Å²) in [7, 11) is 0. The number of carbonyl (C=O) groups is 2. The first kappa shape index (κ1) is 22.2. The third kappa shape index (κ3) is 4.82. The van der Waals surface area contributed by atoms with Crippen LogP contribution in [0, 0.1) is 34.6 Å². The molecule has 2 amide bonds. The Balaban J connectivity index is 1.64. The van der Waals surface area contributed by atoms with Crippen molar-refractivity contribution < 1.29 is 9.59 Å². The van der Waals surface area contributed by atoms with Gasteiger partial charge in [0.25, 0.3) is 0 Å². The van der Waals surface area contributed by atoms with Gasteiger partial charge < -0.3 is 10.6 Å². The fourth-order valence-corrected chi connectivity index (χ4v) is 5.34. The highest BCUT2D eigenvalue weighted by Gasteiger charge is 2.20. The van der Waals surface area contributed by atoms with E-state index >= 15 is 0 Å². The molecule has 30 heavy (non-hydrogen) atoms. The maximum Gasteiger partial charge on any atom is 0.243 e. The van der Waals surface area contributed by atoms with Crippen LogP contribution in [0.15, 0.2) is 23.2 Å². The molecule has 0 fully saturated rings. The second-order valence-corrected chi connectivity index (χ2v) is 9.86. The van der Waals surface area contributed by atoms with E-state index in [1.165, 1.54) is 16.6 Å². The molecular formula is C22H26N4O2S2. The van der Waals surface area contributed by atoms with Crippen LogP contribution < -0.4 is 10.6 Å². The number of amides is 2. The molecule has 2 aromatic heterocycles. The van der Waals surface area contributed by atoms with Crippen molar-refractivity contribution >= 4 is 50.8 Å². The van der Waals surface area contributed by atoms with Gasteiger partial charge in [0.1, 0.15) is 15.7 Å². The van der Waals surface area contributed by atoms with E-state index in [0.717, 1.165) is 37.6 Å². The van der Waals surface area contributed by atoms with Gasteiger partial charge in [-0.1, -0.05) is 30.0 Å².